The molecule has 0 bridgehead atoms. The summed E-state index contributed by atoms with van der Waals surface area (Å²) < 4.78 is 10.8. The minimum Gasteiger partial charge on any atom is -0.490 e. The van der Waals surface area contributed by atoms with E-state index in [9.17, 15) is 9.59 Å². The highest BCUT2D eigenvalue weighted by molar-refractivity contribution is 5.97. The van der Waals surface area contributed by atoms with E-state index in [2.05, 4.69) is 5.32 Å². The molecule has 1 aromatic rings. The Labute approximate surface area is 112 Å². The number of amides is 1. The number of carbonyl (C=O) groups is 2. The molecule has 0 radical (unpaired) electrons. The number of hydrogen-bond donors (Lipinski definition) is 1. The van der Waals surface area contributed by atoms with E-state index in [1.54, 1.807) is 18.2 Å². The molecule has 0 fully saturated rings. The summed E-state index contributed by atoms with van der Waals surface area (Å²) in [5.74, 6) is 0.732. The van der Waals surface area contributed by atoms with E-state index in [0.29, 0.717) is 30.3 Å². The molecule has 104 valence electrons. The molecule has 0 spiro atoms. The van der Waals surface area contributed by atoms with Crippen LogP contribution in [0, 0.1) is 0 Å². The van der Waals surface area contributed by atoms with Crippen molar-refractivity contribution in [2.45, 2.75) is 20.8 Å². The zero-order valence-electron chi connectivity index (χ0n) is 11.5. The van der Waals surface area contributed by atoms with E-state index in [1.165, 1.54) is 6.92 Å². The number of nitrogens with one attached hydrogen (secondary N) is 1. The molecule has 0 heterocycles. The van der Waals surface area contributed by atoms with Gasteiger partial charge in [0.15, 0.2) is 11.5 Å². The quantitative estimate of drug-likeness (QED) is 0.816. The Morgan fingerprint density at radius 3 is 2.32 bits per heavy atom. The number of hydrogen-bond acceptors (Lipinski definition) is 4. The number of carbonyl (C=O) groups excluding carboxylic acids is 2. The lowest BCUT2D eigenvalue weighted by atomic mass is 10.2. The lowest BCUT2D eigenvalue weighted by Gasteiger charge is -2.12. The highest BCUT2D eigenvalue weighted by atomic mass is 16.5. The Bertz CT molecular complexity index is 457. The number of benzene rings is 1. The summed E-state index contributed by atoms with van der Waals surface area (Å²) >= 11 is 0. The second kappa shape index (κ2) is 7.41. The standard InChI is InChI=1S/C14H19NO4/c1-4-18-12-7-6-11(8-13(12)19-5-2)14(17)15-9-10(3)16/h6-8H,4-5,9H2,1-3H3,(H,15,17). The van der Waals surface area contributed by atoms with Crippen molar-refractivity contribution in [3.8, 4) is 11.5 Å². The minimum absolute atomic E-state index is 0.0238. The van der Waals surface area contributed by atoms with E-state index in [-0.39, 0.29) is 18.2 Å². The second-order valence-electron chi connectivity index (χ2n) is 3.91. The maximum atomic E-state index is 11.8. The summed E-state index contributed by atoms with van der Waals surface area (Å²) in [5, 5.41) is 2.53. The van der Waals surface area contributed by atoms with Crippen LogP contribution in [0.25, 0.3) is 0 Å². The van der Waals surface area contributed by atoms with Gasteiger partial charge in [-0.25, -0.2) is 0 Å². The first kappa shape index (κ1) is 15.0. The van der Waals surface area contributed by atoms with Crippen molar-refractivity contribution in [2.24, 2.45) is 0 Å². The predicted octanol–water partition coefficient (Wildman–Crippen LogP) is 1.80. The molecule has 19 heavy (non-hydrogen) atoms. The van der Waals surface area contributed by atoms with Gasteiger partial charge in [0.2, 0.25) is 0 Å². The predicted molar refractivity (Wildman–Crippen MR) is 71.8 cm³/mol. The Morgan fingerprint density at radius 2 is 1.74 bits per heavy atom. The summed E-state index contributed by atoms with van der Waals surface area (Å²) in [4.78, 5) is 22.6. The van der Waals surface area contributed by atoms with Gasteiger partial charge in [0, 0.05) is 5.56 Å². The van der Waals surface area contributed by atoms with Crippen LogP contribution in [0.5, 0.6) is 11.5 Å². The third-order valence-electron chi connectivity index (χ3n) is 2.30. The molecule has 0 aliphatic heterocycles. The van der Waals surface area contributed by atoms with Crippen molar-refractivity contribution in [3.05, 3.63) is 23.8 Å². The topological polar surface area (TPSA) is 64.6 Å². The molecule has 0 aliphatic rings. The van der Waals surface area contributed by atoms with Gasteiger partial charge in [-0.05, 0) is 39.0 Å². The van der Waals surface area contributed by atoms with Crippen LogP contribution in [0.3, 0.4) is 0 Å². The molecule has 0 unspecified atom stereocenters. The first-order valence-corrected chi connectivity index (χ1v) is 6.25. The molecule has 1 aromatic carbocycles. The molecule has 1 rings (SSSR count). The van der Waals surface area contributed by atoms with Gasteiger partial charge in [-0.1, -0.05) is 0 Å². The van der Waals surface area contributed by atoms with Crippen molar-refractivity contribution in [3.63, 3.8) is 0 Å². The molecule has 1 amide bonds. The van der Waals surface area contributed by atoms with Gasteiger partial charge in [-0.3, -0.25) is 9.59 Å². The van der Waals surface area contributed by atoms with Crippen molar-refractivity contribution in [2.75, 3.05) is 19.8 Å². The van der Waals surface area contributed by atoms with E-state index in [0.717, 1.165) is 0 Å². The average molecular weight is 265 g/mol. The molecule has 5 heteroatoms. The third kappa shape index (κ3) is 4.62. The number of rotatable bonds is 7. The van der Waals surface area contributed by atoms with Crippen LogP contribution in [0.15, 0.2) is 18.2 Å². The Kier molecular flexibility index (Phi) is 5.85. The number of ether oxygens (including phenoxy) is 2. The van der Waals surface area contributed by atoms with Crippen LogP contribution < -0.4 is 14.8 Å². The van der Waals surface area contributed by atoms with Gasteiger partial charge in [0.25, 0.3) is 5.91 Å². The first-order valence-electron chi connectivity index (χ1n) is 6.25. The summed E-state index contributed by atoms with van der Waals surface area (Å²) in [6.07, 6.45) is 0. The zero-order valence-corrected chi connectivity index (χ0v) is 11.5. The van der Waals surface area contributed by atoms with Crippen LogP contribution >= 0.6 is 0 Å². The monoisotopic (exact) mass is 265 g/mol. The fourth-order valence-electron chi connectivity index (χ4n) is 1.50. The van der Waals surface area contributed by atoms with E-state index < -0.39 is 0 Å². The Morgan fingerprint density at radius 1 is 1.11 bits per heavy atom. The highest BCUT2D eigenvalue weighted by Gasteiger charge is 2.11. The minimum atomic E-state index is -0.306. The summed E-state index contributed by atoms with van der Waals surface area (Å²) in [5.41, 5.74) is 0.438. The third-order valence-corrected chi connectivity index (χ3v) is 2.30. The average Bonchev–Trinajstić information content (AvgIpc) is 2.38. The summed E-state index contributed by atoms with van der Waals surface area (Å²) in [6, 6.07) is 4.95. The van der Waals surface area contributed by atoms with E-state index >= 15 is 0 Å². The van der Waals surface area contributed by atoms with Gasteiger partial charge in [0.05, 0.1) is 19.8 Å². The van der Waals surface area contributed by atoms with Gasteiger partial charge >= 0.3 is 0 Å². The smallest absolute Gasteiger partial charge is 0.251 e. The lowest BCUT2D eigenvalue weighted by molar-refractivity contribution is -0.116. The first-order chi connectivity index (χ1) is 9.08. The fraction of sp³-hybridized carbons (Fsp3) is 0.429. The van der Waals surface area contributed by atoms with Gasteiger partial charge < -0.3 is 14.8 Å². The molecular formula is C14H19NO4. The molecule has 0 saturated carbocycles. The van der Waals surface area contributed by atoms with Crippen LogP contribution in [-0.4, -0.2) is 31.4 Å². The molecule has 0 aromatic heterocycles. The van der Waals surface area contributed by atoms with Gasteiger partial charge in [-0.15, -0.1) is 0 Å². The van der Waals surface area contributed by atoms with E-state index in [4.69, 9.17) is 9.47 Å². The maximum Gasteiger partial charge on any atom is 0.251 e. The van der Waals surface area contributed by atoms with Crippen molar-refractivity contribution in [1.29, 1.82) is 0 Å². The molecule has 0 atom stereocenters. The van der Waals surface area contributed by atoms with Crippen LogP contribution in [-0.2, 0) is 4.79 Å². The molecular weight excluding hydrogens is 246 g/mol. The van der Waals surface area contributed by atoms with Gasteiger partial charge in [-0.2, -0.15) is 0 Å². The normalized spacial score (nSPS) is 9.84. The van der Waals surface area contributed by atoms with Crippen LogP contribution in [0.2, 0.25) is 0 Å². The van der Waals surface area contributed by atoms with Crippen molar-refractivity contribution in [1.82, 2.24) is 5.32 Å². The van der Waals surface area contributed by atoms with Gasteiger partial charge in [0.1, 0.15) is 5.78 Å². The number of ketones is 1. The Hall–Kier alpha value is -2.04. The summed E-state index contributed by atoms with van der Waals surface area (Å²) in [6.45, 7) is 6.19. The molecule has 5 nitrogen and oxygen atoms in total. The van der Waals surface area contributed by atoms with Crippen molar-refractivity contribution < 1.29 is 19.1 Å². The zero-order chi connectivity index (χ0) is 14.3. The molecule has 0 saturated heterocycles. The highest BCUT2D eigenvalue weighted by Crippen LogP contribution is 2.28. The molecule has 0 aliphatic carbocycles. The number of Topliss-reactive ketones (excluding diaryl/α,β-unsaturated/α-hetero) is 1. The van der Waals surface area contributed by atoms with Crippen LogP contribution in [0.4, 0.5) is 0 Å². The van der Waals surface area contributed by atoms with E-state index in [1.807, 2.05) is 13.8 Å². The lowest BCUT2D eigenvalue weighted by Crippen LogP contribution is -2.28. The van der Waals surface area contributed by atoms with Crippen molar-refractivity contribution >= 4 is 11.7 Å². The SMILES string of the molecule is CCOc1ccc(C(=O)NCC(C)=O)cc1OCC. The molecule has 1 N–H and O–H groups in total. The Balaban J connectivity index is 2.87. The maximum absolute atomic E-state index is 11.8. The largest absolute Gasteiger partial charge is 0.490 e. The summed E-state index contributed by atoms with van der Waals surface area (Å²) in [7, 11) is 0. The second-order valence-corrected chi connectivity index (χ2v) is 3.91. The fourth-order valence-corrected chi connectivity index (χ4v) is 1.50. The van der Waals surface area contributed by atoms with Crippen LogP contribution in [0.1, 0.15) is 31.1 Å².